The Morgan fingerprint density at radius 1 is 1.30 bits per heavy atom. The van der Waals surface area contributed by atoms with Crippen LogP contribution in [0, 0.1) is 0 Å². The molecule has 2 aliphatic heterocycles. The van der Waals surface area contributed by atoms with E-state index in [1.807, 2.05) is 0 Å². The molecule has 10 heavy (non-hydrogen) atoms. The standard InChI is InChI=1S/C6H10S4/c1-6(2-7-1)10-9-4-5-3-8-5/h5-6H,1-4H2. The van der Waals surface area contributed by atoms with Gasteiger partial charge in [0.05, 0.1) is 0 Å². The van der Waals surface area contributed by atoms with Gasteiger partial charge < -0.3 is 0 Å². The van der Waals surface area contributed by atoms with E-state index in [9.17, 15) is 0 Å². The molecular formula is C6H10S4. The van der Waals surface area contributed by atoms with Crippen molar-refractivity contribution >= 4 is 45.1 Å². The third kappa shape index (κ3) is 2.47. The zero-order valence-electron chi connectivity index (χ0n) is 5.62. The summed E-state index contributed by atoms with van der Waals surface area (Å²) < 4.78 is 0. The molecule has 1 unspecified atom stereocenters. The van der Waals surface area contributed by atoms with Gasteiger partial charge >= 0.3 is 0 Å². The normalized spacial score (nSPS) is 31.8. The van der Waals surface area contributed by atoms with E-state index >= 15 is 0 Å². The van der Waals surface area contributed by atoms with E-state index < -0.39 is 0 Å². The number of rotatable bonds is 4. The quantitative estimate of drug-likeness (QED) is 0.516. The maximum absolute atomic E-state index is 2.11. The highest BCUT2D eigenvalue weighted by Gasteiger charge is 2.24. The first-order valence-corrected chi connectivity index (χ1v) is 8.01. The molecule has 2 heterocycles. The zero-order chi connectivity index (χ0) is 6.81. The minimum absolute atomic E-state index is 0.985. The van der Waals surface area contributed by atoms with E-state index in [0.29, 0.717) is 0 Å². The maximum Gasteiger partial charge on any atom is 0.0332 e. The fourth-order valence-corrected chi connectivity index (χ4v) is 6.19. The summed E-state index contributed by atoms with van der Waals surface area (Å²) in [6, 6.07) is 0. The average Bonchev–Trinajstić information content (AvgIpc) is 2.58. The molecule has 2 saturated heterocycles. The van der Waals surface area contributed by atoms with Gasteiger partial charge in [0, 0.05) is 33.5 Å². The lowest BCUT2D eigenvalue weighted by Crippen LogP contribution is -2.19. The van der Waals surface area contributed by atoms with Crippen LogP contribution in [0.15, 0.2) is 0 Å². The summed E-state index contributed by atoms with van der Waals surface area (Å²) >= 11 is 4.19. The monoisotopic (exact) mass is 210 g/mol. The van der Waals surface area contributed by atoms with Crippen LogP contribution in [0.2, 0.25) is 0 Å². The van der Waals surface area contributed by atoms with Crippen LogP contribution >= 0.6 is 45.1 Å². The average molecular weight is 210 g/mol. The van der Waals surface area contributed by atoms with Crippen molar-refractivity contribution in [3.8, 4) is 0 Å². The van der Waals surface area contributed by atoms with Crippen LogP contribution in [0.1, 0.15) is 0 Å². The minimum Gasteiger partial charge on any atom is -0.160 e. The lowest BCUT2D eigenvalue weighted by Gasteiger charge is -2.22. The van der Waals surface area contributed by atoms with Crippen molar-refractivity contribution in [2.75, 3.05) is 23.0 Å². The number of hydrogen-bond donors (Lipinski definition) is 0. The number of hydrogen-bond acceptors (Lipinski definition) is 4. The molecule has 1 atom stereocenters. The summed E-state index contributed by atoms with van der Waals surface area (Å²) in [5.41, 5.74) is 0. The summed E-state index contributed by atoms with van der Waals surface area (Å²) in [5, 5.41) is 2.00. The Bertz CT molecular complexity index is 108. The minimum atomic E-state index is 0.985. The molecule has 2 aliphatic rings. The van der Waals surface area contributed by atoms with Gasteiger partial charge in [0.25, 0.3) is 0 Å². The fraction of sp³-hybridized carbons (Fsp3) is 1.00. The van der Waals surface area contributed by atoms with Crippen molar-refractivity contribution in [3.05, 3.63) is 0 Å². The molecule has 0 aromatic carbocycles. The van der Waals surface area contributed by atoms with Gasteiger partial charge in [-0.15, -0.1) is 0 Å². The van der Waals surface area contributed by atoms with Crippen molar-refractivity contribution in [1.29, 1.82) is 0 Å². The lowest BCUT2D eigenvalue weighted by atomic mass is 10.5. The van der Waals surface area contributed by atoms with Crippen molar-refractivity contribution < 1.29 is 0 Å². The predicted octanol–water partition coefficient (Wildman–Crippen LogP) is 2.60. The Balaban J connectivity index is 1.46. The Labute approximate surface area is 78.4 Å². The SMILES string of the molecule is C(SSC1CSC1)C1CS1. The Morgan fingerprint density at radius 2 is 2.10 bits per heavy atom. The van der Waals surface area contributed by atoms with E-state index in [0.717, 1.165) is 10.5 Å². The number of thioether (sulfide) groups is 2. The highest BCUT2D eigenvalue weighted by Crippen LogP contribution is 2.41. The molecule has 0 aromatic rings. The van der Waals surface area contributed by atoms with Gasteiger partial charge in [0.2, 0.25) is 0 Å². The first-order chi connectivity index (χ1) is 4.95. The molecule has 0 radical (unpaired) electrons. The van der Waals surface area contributed by atoms with E-state index in [2.05, 4.69) is 45.1 Å². The Hall–Kier alpha value is 1.40. The summed E-state index contributed by atoms with van der Waals surface area (Å²) in [7, 11) is 4.20. The van der Waals surface area contributed by atoms with Crippen molar-refractivity contribution in [3.63, 3.8) is 0 Å². The second-order valence-electron chi connectivity index (χ2n) is 2.50. The van der Waals surface area contributed by atoms with Crippen molar-refractivity contribution in [2.24, 2.45) is 0 Å². The van der Waals surface area contributed by atoms with E-state index in [1.54, 1.807) is 0 Å². The molecule has 0 nitrogen and oxygen atoms in total. The first-order valence-electron chi connectivity index (χ1n) is 3.43. The first kappa shape index (κ1) is 8.02. The molecule has 0 aliphatic carbocycles. The Morgan fingerprint density at radius 3 is 2.60 bits per heavy atom. The van der Waals surface area contributed by atoms with Crippen LogP contribution in [0.25, 0.3) is 0 Å². The van der Waals surface area contributed by atoms with E-state index in [4.69, 9.17) is 0 Å². The van der Waals surface area contributed by atoms with Crippen LogP contribution in [0.4, 0.5) is 0 Å². The van der Waals surface area contributed by atoms with Gasteiger partial charge in [-0.25, -0.2) is 0 Å². The second kappa shape index (κ2) is 3.87. The topological polar surface area (TPSA) is 0 Å². The summed E-state index contributed by atoms with van der Waals surface area (Å²) in [6.07, 6.45) is 0. The molecule has 58 valence electrons. The largest absolute Gasteiger partial charge is 0.160 e. The van der Waals surface area contributed by atoms with Crippen LogP contribution < -0.4 is 0 Å². The van der Waals surface area contributed by atoms with Crippen LogP contribution in [-0.2, 0) is 0 Å². The third-order valence-corrected chi connectivity index (χ3v) is 7.26. The second-order valence-corrected chi connectivity index (χ2v) is 7.62. The molecule has 0 saturated carbocycles. The molecule has 0 aromatic heterocycles. The molecule has 0 bridgehead atoms. The fourth-order valence-electron chi connectivity index (χ4n) is 0.645. The molecule has 2 fully saturated rings. The lowest BCUT2D eigenvalue weighted by molar-refractivity contribution is 1.09. The summed E-state index contributed by atoms with van der Waals surface area (Å²) in [5.74, 6) is 5.61. The van der Waals surface area contributed by atoms with Gasteiger partial charge in [-0.2, -0.15) is 23.5 Å². The van der Waals surface area contributed by atoms with Gasteiger partial charge in [0.15, 0.2) is 0 Å². The van der Waals surface area contributed by atoms with Gasteiger partial charge in [0.1, 0.15) is 0 Å². The molecule has 2 rings (SSSR count). The predicted molar refractivity (Wildman–Crippen MR) is 57.4 cm³/mol. The smallest absolute Gasteiger partial charge is 0.0332 e. The van der Waals surface area contributed by atoms with Gasteiger partial charge in [-0.1, -0.05) is 21.6 Å². The molecular weight excluding hydrogens is 200 g/mol. The maximum atomic E-state index is 2.11. The van der Waals surface area contributed by atoms with Crippen LogP contribution in [0.3, 0.4) is 0 Å². The Kier molecular flexibility index (Phi) is 3.11. The highest BCUT2D eigenvalue weighted by molar-refractivity contribution is 8.77. The van der Waals surface area contributed by atoms with E-state index in [1.165, 1.54) is 23.0 Å². The molecule has 0 amide bonds. The zero-order valence-corrected chi connectivity index (χ0v) is 8.88. The van der Waals surface area contributed by atoms with Crippen LogP contribution in [-0.4, -0.2) is 33.5 Å². The van der Waals surface area contributed by atoms with Crippen molar-refractivity contribution in [1.82, 2.24) is 0 Å². The van der Waals surface area contributed by atoms with Gasteiger partial charge in [-0.05, 0) is 0 Å². The van der Waals surface area contributed by atoms with E-state index in [-0.39, 0.29) is 0 Å². The molecule has 4 heteroatoms. The van der Waals surface area contributed by atoms with Gasteiger partial charge in [-0.3, -0.25) is 0 Å². The van der Waals surface area contributed by atoms with Crippen LogP contribution in [0.5, 0.6) is 0 Å². The summed E-state index contributed by atoms with van der Waals surface area (Å²) in [6.45, 7) is 0. The highest BCUT2D eigenvalue weighted by atomic mass is 33.1. The summed E-state index contributed by atoms with van der Waals surface area (Å²) in [4.78, 5) is 0. The molecule has 0 N–H and O–H groups in total. The molecule has 0 spiro atoms. The van der Waals surface area contributed by atoms with Crippen molar-refractivity contribution in [2.45, 2.75) is 10.5 Å². The third-order valence-electron chi connectivity index (χ3n) is 1.47.